The Kier molecular flexibility index (Phi) is 4.80. The summed E-state index contributed by atoms with van der Waals surface area (Å²) in [6, 6.07) is 4.25. The largest absolute Gasteiger partial charge is 0.444 e. The van der Waals surface area contributed by atoms with E-state index in [0.29, 0.717) is 6.42 Å². The fourth-order valence-corrected chi connectivity index (χ4v) is 3.93. The molecular formula is C19H29N3O3. The zero-order valence-corrected chi connectivity index (χ0v) is 15.6. The Hall–Kier alpha value is -1.98. The number of nitrogens with zero attached hydrogens (tertiary/aromatic N) is 2. The Morgan fingerprint density at radius 3 is 2.72 bits per heavy atom. The van der Waals surface area contributed by atoms with Crippen LogP contribution >= 0.6 is 0 Å². The third-order valence-corrected chi connectivity index (χ3v) is 5.13. The second-order valence-electron chi connectivity index (χ2n) is 8.19. The Bertz CT molecular complexity index is 647. The Labute approximate surface area is 149 Å². The van der Waals surface area contributed by atoms with Crippen molar-refractivity contribution in [2.75, 3.05) is 6.54 Å². The van der Waals surface area contributed by atoms with Crippen molar-refractivity contribution in [3.63, 3.8) is 0 Å². The molecule has 1 aliphatic carbocycles. The first-order chi connectivity index (χ1) is 11.7. The van der Waals surface area contributed by atoms with Gasteiger partial charge < -0.3 is 19.5 Å². The highest BCUT2D eigenvalue weighted by Gasteiger charge is 2.37. The van der Waals surface area contributed by atoms with Crippen LogP contribution in [0.2, 0.25) is 0 Å². The fourth-order valence-electron chi connectivity index (χ4n) is 3.93. The number of rotatable bonds is 2. The van der Waals surface area contributed by atoms with E-state index in [2.05, 4.69) is 29.1 Å². The summed E-state index contributed by atoms with van der Waals surface area (Å²) < 4.78 is 7.53. The number of aromatic nitrogens is 1. The number of fused-ring (bicyclic) bond motifs is 1. The summed E-state index contributed by atoms with van der Waals surface area (Å²) in [7, 11) is 0. The molecule has 6 nitrogen and oxygen atoms in total. The topological polar surface area (TPSA) is 63.6 Å². The van der Waals surface area contributed by atoms with E-state index >= 15 is 0 Å². The molecule has 3 rings (SSSR count). The van der Waals surface area contributed by atoms with Gasteiger partial charge in [-0.15, -0.1) is 0 Å². The lowest BCUT2D eigenvalue weighted by Crippen LogP contribution is -2.43. The number of ether oxygens (including phenoxy) is 1. The minimum atomic E-state index is -0.504. The fraction of sp³-hybridized carbons (Fsp3) is 0.684. The lowest BCUT2D eigenvalue weighted by molar-refractivity contribution is -0.138. The molecule has 0 unspecified atom stereocenters. The monoisotopic (exact) mass is 347 g/mol. The maximum Gasteiger partial charge on any atom is 0.407 e. The van der Waals surface area contributed by atoms with Crippen molar-refractivity contribution in [2.45, 2.75) is 71.2 Å². The van der Waals surface area contributed by atoms with Crippen LogP contribution in [-0.2, 0) is 16.1 Å². The summed E-state index contributed by atoms with van der Waals surface area (Å²) >= 11 is 0. The molecule has 0 radical (unpaired) electrons. The van der Waals surface area contributed by atoms with E-state index in [1.54, 1.807) is 0 Å². The highest BCUT2D eigenvalue weighted by Crippen LogP contribution is 2.32. The minimum absolute atomic E-state index is 0.0103. The lowest BCUT2D eigenvalue weighted by Gasteiger charge is -2.36. The van der Waals surface area contributed by atoms with Gasteiger partial charge in [0.25, 0.3) is 0 Å². The van der Waals surface area contributed by atoms with E-state index in [1.807, 2.05) is 31.7 Å². The summed E-state index contributed by atoms with van der Waals surface area (Å²) in [5, 5.41) is 2.91. The SMILES string of the molecule is C[C@@H]1c2cccn2CCN1C(=O)[C@@H]1CC[C@@H](NC(=O)OC(C)(C)C)C1. The average Bonchev–Trinajstić information content (AvgIpc) is 3.14. The van der Waals surface area contributed by atoms with Crippen molar-refractivity contribution in [2.24, 2.45) is 5.92 Å². The predicted octanol–water partition coefficient (Wildman–Crippen LogP) is 3.08. The molecule has 1 aliphatic heterocycles. The van der Waals surface area contributed by atoms with Gasteiger partial charge in [-0.05, 0) is 59.1 Å². The number of hydrogen-bond donors (Lipinski definition) is 1. The normalized spacial score (nSPS) is 26.2. The van der Waals surface area contributed by atoms with Gasteiger partial charge in [-0.2, -0.15) is 0 Å². The van der Waals surface area contributed by atoms with E-state index in [-0.39, 0.29) is 23.9 Å². The maximum absolute atomic E-state index is 13.0. The van der Waals surface area contributed by atoms with Crippen molar-refractivity contribution >= 4 is 12.0 Å². The second kappa shape index (κ2) is 6.73. The molecule has 0 saturated heterocycles. The number of hydrogen-bond acceptors (Lipinski definition) is 3. The van der Waals surface area contributed by atoms with Gasteiger partial charge in [-0.25, -0.2) is 4.79 Å². The quantitative estimate of drug-likeness (QED) is 0.894. The van der Waals surface area contributed by atoms with E-state index in [9.17, 15) is 9.59 Å². The van der Waals surface area contributed by atoms with Gasteiger partial charge in [0, 0.05) is 36.9 Å². The molecule has 1 fully saturated rings. The lowest BCUT2D eigenvalue weighted by atomic mass is 10.0. The van der Waals surface area contributed by atoms with Crippen molar-refractivity contribution < 1.29 is 14.3 Å². The third kappa shape index (κ3) is 3.99. The number of carbonyl (C=O) groups excluding carboxylic acids is 2. The maximum atomic E-state index is 13.0. The number of amides is 2. The van der Waals surface area contributed by atoms with Crippen LogP contribution in [0.1, 0.15) is 58.7 Å². The van der Waals surface area contributed by atoms with Crippen molar-refractivity contribution in [1.82, 2.24) is 14.8 Å². The standard InChI is InChI=1S/C19H29N3O3/c1-13-16-6-5-9-21(16)10-11-22(13)17(23)14-7-8-15(12-14)20-18(24)25-19(2,3)4/h5-6,9,13-15H,7-8,10-12H2,1-4H3,(H,20,24)/t13-,14-,15-/m1/s1. The molecule has 3 atom stereocenters. The highest BCUT2D eigenvalue weighted by atomic mass is 16.6. The summed E-state index contributed by atoms with van der Waals surface area (Å²) in [4.78, 5) is 26.9. The van der Waals surface area contributed by atoms with Gasteiger partial charge in [-0.3, -0.25) is 4.79 Å². The van der Waals surface area contributed by atoms with Crippen LogP contribution in [0.25, 0.3) is 0 Å². The van der Waals surface area contributed by atoms with E-state index in [0.717, 1.165) is 25.9 Å². The van der Waals surface area contributed by atoms with Gasteiger partial charge in [0.15, 0.2) is 0 Å². The Morgan fingerprint density at radius 1 is 1.24 bits per heavy atom. The van der Waals surface area contributed by atoms with Gasteiger partial charge in [0.2, 0.25) is 5.91 Å². The van der Waals surface area contributed by atoms with Crippen LogP contribution < -0.4 is 5.32 Å². The molecule has 6 heteroatoms. The minimum Gasteiger partial charge on any atom is -0.444 e. The molecule has 1 N–H and O–H groups in total. The number of alkyl carbamates (subject to hydrolysis) is 1. The van der Waals surface area contributed by atoms with Crippen LogP contribution in [0, 0.1) is 5.92 Å². The molecule has 0 aromatic carbocycles. The zero-order valence-electron chi connectivity index (χ0n) is 15.6. The summed E-state index contributed by atoms with van der Waals surface area (Å²) in [6.45, 7) is 9.24. The molecule has 0 spiro atoms. The van der Waals surface area contributed by atoms with Crippen LogP contribution in [-0.4, -0.2) is 39.7 Å². The van der Waals surface area contributed by atoms with E-state index in [1.165, 1.54) is 5.69 Å². The molecule has 2 heterocycles. The van der Waals surface area contributed by atoms with Crippen molar-refractivity contribution in [3.05, 3.63) is 24.0 Å². The van der Waals surface area contributed by atoms with E-state index in [4.69, 9.17) is 4.74 Å². The molecule has 25 heavy (non-hydrogen) atoms. The Morgan fingerprint density at radius 2 is 2.00 bits per heavy atom. The van der Waals surface area contributed by atoms with Crippen LogP contribution in [0.15, 0.2) is 18.3 Å². The smallest absolute Gasteiger partial charge is 0.407 e. The van der Waals surface area contributed by atoms with Crippen LogP contribution in [0.3, 0.4) is 0 Å². The van der Waals surface area contributed by atoms with Crippen molar-refractivity contribution in [1.29, 1.82) is 0 Å². The Balaban J connectivity index is 1.55. The highest BCUT2D eigenvalue weighted by molar-refractivity contribution is 5.80. The number of nitrogens with one attached hydrogen (secondary N) is 1. The van der Waals surface area contributed by atoms with Gasteiger partial charge in [0.05, 0.1) is 6.04 Å². The molecule has 2 aliphatic rings. The summed E-state index contributed by atoms with van der Waals surface area (Å²) in [5.41, 5.74) is 0.691. The van der Waals surface area contributed by atoms with Crippen LogP contribution in [0.4, 0.5) is 4.79 Å². The first kappa shape index (κ1) is 17.8. The molecular weight excluding hydrogens is 318 g/mol. The second-order valence-corrected chi connectivity index (χ2v) is 8.19. The van der Waals surface area contributed by atoms with Crippen molar-refractivity contribution in [3.8, 4) is 0 Å². The molecule has 1 aromatic rings. The molecule has 1 aromatic heterocycles. The summed E-state index contributed by atoms with van der Waals surface area (Å²) in [5.74, 6) is 0.206. The van der Waals surface area contributed by atoms with Gasteiger partial charge in [0.1, 0.15) is 5.60 Å². The molecule has 138 valence electrons. The zero-order chi connectivity index (χ0) is 18.2. The average molecular weight is 347 g/mol. The first-order valence-corrected chi connectivity index (χ1v) is 9.19. The first-order valence-electron chi connectivity index (χ1n) is 9.19. The predicted molar refractivity (Wildman–Crippen MR) is 95.1 cm³/mol. The van der Waals surface area contributed by atoms with Gasteiger partial charge in [-0.1, -0.05) is 0 Å². The number of carbonyl (C=O) groups is 2. The molecule has 1 saturated carbocycles. The van der Waals surface area contributed by atoms with Gasteiger partial charge >= 0.3 is 6.09 Å². The van der Waals surface area contributed by atoms with Crippen LogP contribution in [0.5, 0.6) is 0 Å². The molecule has 0 bridgehead atoms. The molecule has 2 amide bonds. The summed E-state index contributed by atoms with van der Waals surface area (Å²) in [6.07, 6.45) is 4.03. The third-order valence-electron chi connectivity index (χ3n) is 5.13. The van der Waals surface area contributed by atoms with E-state index < -0.39 is 11.7 Å².